The van der Waals surface area contributed by atoms with Gasteiger partial charge in [-0.3, -0.25) is 4.79 Å². The van der Waals surface area contributed by atoms with Crippen molar-refractivity contribution >= 4 is 11.6 Å². The van der Waals surface area contributed by atoms with E-state index in [-0.39, 0.29) is 11.8 Å². The predicted molar refractivity (Wildman–Crippen MR) is 110 cm³/mol. The van der Waals surface area contributed by atoms with Gasteiger partial charge in [-0.15, -0.1) is 0 Å². The summed E-state index contributed by atoms with van der Waals surface area (Å²) in [7, 11) is 0. The van der Waals surface area contributed by atoms with Gasteiger partial charge in [0.05, 0.1) is 11.9 Å². The van der Waals surface area contributed by atoms with Crippen LogP contribution in [0.2, 0.25) is 0 Å². The van der Waals surface area contributed by atoms with Crippen molar-refractivity contribution in [2.45, 2.75) is 71.3 Å². The maximum Gasteiger partial charge on any atom is 0.227 e. The molecule has 0 atom stereocenters. The average molecular weight is 366 g/mol. The summed E-state index contributed by atoms with van der Waals surface area (Å²) in [5, 5.41) is 3.17. The van der Waals surface area contributed by atoms with Crippen LogP contribution < -0.4 is 5.32 Å². The highest BCUT2D eigenvalue weighted by atomic mass is 16.1. The molecule has 1 aliphatic carbocycles. The van der Waals surface area contributed by atoms with E-state index in [1.165, 1.54) is 44.3 Å². The third kappa shape index (κ3) is 4.10. The summed E-state index contributed by atoms with van der Waals surface area (Å²) in [5.41, 5.74) is 3.20. The van der Waals surface area contributed by atoms with Gasteiger partial charge in [-0.1, -0.05) is 38.3 Å². The normalized spacial score (nSPS) is 21.8. The second kappa shape index (κ2) is 8.28. The smallest absolute Gasteiger partial charge is 0.227 e. The molecule has 1 aliphatic heterocycles. The molecule has 2 aliphatic rings. The van der Waals surface area contributed by atoms with Crippen LogP contribution in [0.4, 0.5) is 5.69 Å². The molecule has 1 aromatic heterocycles. The molecule has 4 heteroatoms. The zero-order valence-electron chi connectivity index (χ0n) is 16.4. The van der Waals surface area contributed by atoms with E-state index in [0.29, 0.717) is 0 Å². The Labute approximate surface area is 162 Å². The standard InChI is InChI=1S/C23H31N3O/c1-2-3-6-17-10-12-18(13-11-17)23(27)25-20-8-4-7-19(15-20)21-16-24-22-9-5-14-26(21)22/h4,7-8,15-18H,2-3,5-6,9-14H2,1H3,(H,25,27). The van der Waals surface area contributed by atoms with Crippen LogP contribution in [0.25, 0.3) is 11.3 Å². The van der Waals surface area contributed by atoms with Crippen LogP contribution in [-0.2, 0) is 17.8 Å². The lowest BCUT2D eigenvalue weighted by Crippen LogP contribution is -2.27. The van der Waals surface area contributed by atoms with Gasteiger partial charge in [0.2, 0.25) is 5.91 Å². The van der Waals surface area contributed by atoms with Crippen molar-refractivity contribution in [2.24, 2.45) is 11.8 Å². The number of aryl methyl sites for hydroxylation is 1. The van der Waals surface area contributed by atoms with E-state index in [1.807, 2.05) is 18.3 Å². The second-order valence-corrected chi connectivity index (χ2v) is 8.24. The number of hydrogen-bond acceptors (Lipinski definition) is 2. The minimum Gasteiger partial charge on any atom is -0.328 e. The highest BCUT2D eigenvalue weighted by Crippen LogP contribution is 2.33. The van der Waals surface area contributed by atoms with E-state index in [2.05, 4.69) is 33.9 Å². The number of unbranched alkanes of at least 4 members (excludes halogenated alkanes) is 1. The largest absolute Gasteiger partial charge is 0.328 e. The van der Waals surface area contributed by atoms with E-state index in [4.69, 9.17) is 0 Å². The summed E-state index contributed by atoms with van der Waals surface area (Å²) in [6.45, 7) is 3.30. The fourth-order valence-electron chi connectivity index (χ4n) is 4.70. The summed E-state index contributed by atoms with van der Waals surface area (Å²) in [6.07, 6.45) is 12.6. The number of rotatable bonds is 6. The highest BCUT2D eigenvalue weighted by Gasteiger charge is 2.26. The van der Waals surface area contributed by atoms with Crippen molar-refractivity contribution in [3.8, 4) is 11.3 Å². The fraction of sp³-hybridized carbons (Fsp3) is 0.565. The van der Waals surface area contributed by atoms with Crippen LogP contribution in [-0.4, -0.2) is 15.5 Å². The van der Waals surface area contributed by atoms with Crippen LogP contribution in [0.3, 0.4) is 0 Å². The summed E-state index contributed by atoms with van der Waals surface area (Å²) in [5.74, 6) is 2.38. The quantitative estimate of drug-likeness (QED) is 0.742. The molecule has 1 fully saturated rings. The molecule has 1 saturated carbocycles. The number of carbonyl (C=O) groups excluding carboxylic acids is 1. The third-order valence-corrected chi connectivity index (χ3v) is 6.33. The van der Waals surface area contributed by atoms with Crippen molar-refractivity contribution in [1.29, 1.82) is 0 Å². The molecular weight excluding hydrogens is 334 g/mol. The molecule has 27 heavy (non-hydrogen) atoms. The zero-order valence-corrected chi connectivity index (χ0v) is 16.4. The van der Waals surface area contributed by atoms with E-state index >= 15 is 0 Å². The van der Waals surface area contributed by atoms with Crippen molar-refractivity contribution in [1.82, 2.24) is 9.55 Å². The molecule has 1 aromatic carbocycles. The monoisotopic (exact) mass is 365 g/mol. The van der Waals surface area contributed by atoms with Gasteiger partial charge in [0.15, 0.2) is 0 Å². The molecule has 0 unspecified atom stereocenters. The summed E-state index contributed by atoms with van der Waals surface area (Å²) < 4.78 is 2.30. The number of imidazole rings is 1. The first-order valence-electron chi connectivity index (χ1n) is 10.7. The Morgan fingerprint density at radius 1 is 1.26 bits per heavy atom. The molecule has 2 heterocycles. The SMILES string of the molecule is CCCCC1CCC(C(=O)Nc2cccc(-c3cnc4n3CCC4)c2)CC1. The number of aromatic nitrogens is 2. The Morgan fingerprint density at radius 3 is 2.93 bits per heavy atom. The topological polar surface area (TPSA) is 46.9 Å². The Kier molecular flexibility index (Phi) is 5.61. The number of hydrogen-bond donors (Lipinski definition) is 1. The Bertz CT molecular complexity index is 787. The van der Waals surface area contributed by atoms with Gasteiger partial charge in [0, 0.05) is 30.1 Å². The molecule has 0 spiro atoms. The van der Waals surface area contributed by atoms with E-state index < -0.39 is 0 Å². The van der Waals surface area contributed by atoms with Gasteiger partial charge in [0.25, 0.3) is 0 Å². The Hall–Kier alpha value is -2.10. The average Bonchev–Trinajstić information content (AvgIpc) is 3.30. The highest BCUT2D eigenvalue weighted by molar-refractivity contribution is 5.93. The second-order valence-electron chi connectivity index (χ2n) is 8.24. The van der Waals surface area contributed by atoms with Crippen LogP contribution in [0.1, 0.15) is 64.1 Å². The van der Waals surface area contributed by atoms with Crippen LogP contribution >= 0.6 is 0 Å². The van der Waals surface area contributed by atoms with Crippen molar-refractivity contribution in [3.63, 3.8) is 0 Å². The number of nitrogens with one attached hydrogen (secondary N) is 1. The first-order chi connectivity index (χ1) is 13.2. The molecule has 0 bridgehead atoms. The number of amides is 1. The van der Waals surface area contributed by atoms with Gasteiger partial charge < -0.3 is 9.88 Å². The molecule has 4 rings (SSSR count). The number of anilines is 1. The van der Waals surface area contributed by atoms with Gasteiger partial charge in [-0.25, -0.2) is 4.98 Å². The van der Waals surface area contributed by atoms with E-state index in [0.717, 1.165) is 48.7 Å². The zero-order chi connectivity index (χ0) is 18.6. The van der Waals surface area contributed by atoms with Gasteiger partial charge in [0.1, 0.15) is 5.82 Å². The van der Waals surface area contributed by atoms with Crippen LogP contribution in [0.5, 0.6) is 0 Å². The number of fused-ring (bicyclic) bond motifs is 1. The Balaban J connectivity index is 1.38. The lowest BCUT2D eigenvalue weighted by molar-refractivity contribution is -0.121. The van der Waals surface area contributed by atoms with Gasteiger partial charge in [-0.05, 0) is 50.2 Å². The van der Waals surface area contributed by atoms with Gasteiger partial charge in [-0.2, -0.15) is 0 Å². The maximum atomic E-state index is 12.7. The molecule has 4 nitrogen and oxygen atoms in total. The van der Waals surface area contributed by atoms with E-state index in [9.17, 15) is 4.79 Å². The van der Waals surface area contributed by atoms with Crippen LogP contribution in [0, 0.1) is 11.8 Å². The van der Waals surface area contributed by atoms with Crippen molar-refractivity contribution in [2.75, 3.05) is 5.32 Å². The first kappa shape index (κ1) is 18.3. The van der Waals surface area contributed by atoms with Crippen molar-refractivity contribution in [3.05, 3.63) is 36.3 Å². The van der Waals surface area contributed by atoms with E-state index in [1.54, 1.807) is 0 Å². The number of nitrogens with zero attached hydrogens (tertiary/aromatic N) is 2. The Morgan fingerprint density at radius 2 is 2.11 bits per heavy atom. The number of carbonyl (C=O) groups is 1. The lowest BCUT2D eigenvalue weighted by atomic mass is 9.79. The lowest BCUT2D eigenvalue weighted by Gasteiger charge is -2.27. The fourth-order valence-corrected chi connectivity index (χ4v) is 4.70. The maximum absolute atomic E-state index is 12.7. The minimum absolute atomic E-state index is 0.172. The minimum atomic E-state index is 0.172. The molecule has 1 amide bonds. The third-order valence-electron chi connectivity index (χ3n) is 6.33. The predicted octanol–water partition coefficient (Wildman–Crippen LogP) is 5.43. The molecule has 0 radical (unpaired) electrons. The van der Waals surface area contributed by atoms with Gasteiger partial charge >= 0.3 is 0 Å². The summed E-state index contributed by atoms with van der Waals surface area (Å²) >= 11 is 0. The molecule has 2 aromatic rings. The number of benzene rings is 1. The summed E-state index contributed by atoms with van der Waals surface area (Å²) in [6, 6.07) is 8.22. The molecular formula is C23H31N3O. The molecule has 1 N–H and O–H groups in total. The van der Waals surface area contributed by atoms with Crippen molar-refractivity contribution < 1.29 is 4.79 Å². The first-order valence-corrected chi connectivity index (χ1v) is 10.7. The molecule has 144 valence electrons. The van der Waals surface area contributed by atoms with Crippen LogP contribution in [0.15, 0.2) is 30.5 Å². The summed E-state index contributed by atoms with van der Waals surface area (Å²) in [4.78, 5) is 17.3. The molecule has 0 saturated heterocycles.